The van der Waals surface area contributed by atoms with Gasteiger partial charge in [-0.3, -0.25) is 0 Å². The van der Waals surface area contributed by atoms with Gasteiger partial charge in [-0.1, -0.05) is 25.3 Å². The predicted octanol–water partition coefficient (Wildman–Crippen LogP) is 3.02. The highest BCUT2D eigenvalue weighted by atomic mass is 16.5. The van der Waals surface area contributed by atoms with Crippen molar-refractivity contribution in [2.24, 2.45) is 5.73 Å². The Bertz CT molecular complexity index is 179. The van der Waals surface area contributed by atoms with Crippen LogP contribution in [-0.2, 0) is 4.74 Å². The van der Waals surface area contributed by atoms with Crippen LogP contribution in [0, 0.1) is 0 Å². The molecule has 0 aromatic rings. The van der Waals surface area contributed by atoms with Gasteiger partial charge in [0.1, 0.15) is 0 Å². The van der Waals surface area contributed by atoms with Crippen molar-refractivity contribution in [2.75, 3.05) is 6.61 Å². The van der Waals surface area contributed by atoms with Gasteiger partial charge in [-0.05, 0) is 32.6 Å². The fourth-order valence-corrected chi connectivity index (χ4v) is 2.62. The van der Waals surface area contributed by atoms with E-state index in [1.54, 1.807) is 0 Å². The zero-order valence-corrected chi connectivity index (χ0v) is 10.0. The number of ether oxygens (including phenoxy) is 1. The molecule has 0 aromatic heterocycles. The van der Waals surface area contributed by atoms with Gasteiger partial charge in [-0.15, -0.1) is 6.58 Å². The Morgan fingerprint density at radius 3 is 2.60 bits per heavy atom. The molecular weight excluding hydrogens is 186 g/mol. The van der Waals surface area contributed by atoms with Crippen molar-refractivity contribution in [1.82, 2.24) is 0 Å². The van der Waals surface area contributed by atoms with Crippen molar-refractivity contribution in [2.45, 2.75) is 63.5 Å². The average molecular weight is 211 g/mol. The lowest BCUT2D eigenvalue weighted by atomic mass is 9.78. The van der Waals surface area contributed by atoms with Crippen LogP contribution >= 0.6 is 0 Å². The van der Waals surface area contributed by atoms with E-state index in [4.69, 9.17) is 10.5 Å². The minimum atomic E-state index is -0.0317. The van der Waals surface area contributed by atoms with E-state index in [1.165, 1.54) is 19.3 Å². The summed E-state index contributed by atoms with van der Waals surface area (Å²) in [6.45, 7) is 6.60. The largest absolute Gasteiger partial charge is 0.374 e. The Hall–Kier alpha value is -0.340. The molecule has 0 radical (unpaired) electrons. The molecule has 1 atom stereocenters. The molecule has 0 heterocycles. The van der Waals surface area contributed by atoms with Crippen LogP contribution in [0.4, 0.5) is 0 Å². The summed E-state index contributed by atoms with van der Waals surface area (Å²) < 4.78 is 5.97. The van der Waals surface area contributed by atoms with E-state index in [2.05, 4.69) is 13.5 Å². The molecule has 15 heavy (non-hydrogen) atoms. The molecule has 1 rings (SSSR count). The molecule has 88 valence electrons. The second-order valence-electron chi connectivity index (χ2n) is 4.53. The van der Waals surface area contributed by atoms with Crippen molar-refractivity contribution in [3.63, 3.8) is 0 Å². The van der Waals surface area contributed by atoms with Crippen LogP contribution in [0.1, 0.15) is 51.9 Å². The van der Waals surface area contributed by atoms with Crippen LogP contribution in [0.5, 0.6) is 0 Å². The molecule has 0 aromatic carbocycles. The van der Waals surface area contributed by atoms with Crippen LogP contribution in [0.2, 0.25) is 0 Å². The zero-order valence-electron chi connectivity index (χ0n) is 10.0. The minimum absolute atomic E-state index is 0.0317. The van der Waals surface area contributed by atoms with Gasteiger partial charge in [-0.25, -0.2) is 0 Å². The molecule has 1 saturated carbocycles. The molecule has 2 N–H and O–H groups in total. The Morgan fingerprint density at radius 2 is 2.07 bits per heavy atom. The molecular formula is C13H25NO. The summed E-state index contributed by atoms with van der Waals surface area (Å²) in [6.07, 6.45) is 10.1. The normalized spacial score (nSPS) is 22.3. The highest BCUT2D eigenvalue weighted by Crippen LogP contribution is 2.35. The predicted molar refractivity (Wildman–Crippen MR) is 64.8 cm³/mol. The van der Waals surface area contributed by atoms with E-state index < -0.39 is 0 Å². The van der Waals surface area contributed by atoms with Gasteiger partial charge in [-0.2, -0.15) is 0 Å². The molecule has 0 amide bonds. The first-order valence-corrected chi connectivity index (χ1v) is 6.25. The molecule has 0 spiro atoms. The maximum absolute atomic E-state index is 6.28. The second-order valence-corrected chi connectivity index (χ2v) is 4.53. The van der Waals surface area contributed by atoms with Gasteiger partial charge in [0.2, 0.25) is 0 Å². The van der Waals surface area contributed by atoms with Gasteiger partial charge < -0.3 is 10.5 Å². The highest BCUT2D eigenvalue weighted by molar-refractivity contribution is 4.94. The Balaban J connectivity index is 2.56. The fourth-order valence-electron chi connectivity index (χ4n) is 2.62. The van der Waals surface area contributed by atoms with Crippen LogP contribution in [0.25, 0.3) is 0 Å². The molecule has 0 bridgehead atoms. The Morgan fingerprint density at radius 1 is 1.40 bits per heavy atom. The number of allylic oxidation sites excluding steroid dienone is 1. The maximum Gasteiger partial charge on any atom is 0.0832 e. The van der Waals surface area contributed by atoms with Gasteiger partial charge in [0.25, 0.3) is 0 Å². The molecule has 1 unspecified atom stereocenters. The first-order valence-electron chi connectivity index (χ1n) is 6.25. The van der Waals surface area contributed by atoms with Gasteiger partial charge >= 0.3 is 0 Å². The van der Waals surface area contributed by atoms with E-state index in [9.17, 15) is 0 Å². The van der Waals surface area contributed by atoms with Gasteiger partial charge in [0.05, 0.1) is 5.60 Å². The summed E-state index contributed by atoms with van der Waals surface area (Å²) >= 11 is 0. The first-order chi connectivity index (χ1) is 7.25. The SMILES string of the molecule is C=CCCC(N)C1(OCC)CCCCC1. The standard InChI is InChI=1S/C13H25NO/c1-3-5-9-12(14)13(15-4-2)10-7-6-8-11-13/h3,12H,1,4-11,14H2,2H3. The fraction of sp³-hybridized carbons (Fsp3) is 0.846. The van der Waals surface area contributed by atoms with Crippen molar-refractivity contribution in [3.05, 3.63) is 12.7 Å². The topological polar surface area (TPSA) is 35.2 Å². The molecule has 0 aliphatic heterocycles. The monoisotopic (exact) mass is 211 g/mol. The average Bonchev–Trinajstić information content (AvgIpc) is 2.27. The molecule has 1 fully saturated rings. The summed E-state index contributed by atoms with van der Waals surface area (Å²) in [5.74, 6) is 0. The van der Waals surface area contributed by atoms with Gasteiger partial charge in [0.15, 0.2) is 0 Å². The third-order valence-electron chi connectivity index (χ3n) is 3.49. The number of rotatable bonds is 6. The van der Waals surface area contributed by atoms with E-state index in [0.717, 1.165) is 32.3 Å². The minimum Gasteiger partial charge on any atom is -0.374 e. The molecule has 2 heteroatoms. The second kappa shape index (κ2) is 6.29. The molecule has 1 aliphatic carbocycles. The van der Waals surface area contributed by atoms with E-state index in [1.807, 2.05) is 6.08 Å². The molecule has 1 aliphatic rings. The van der Waals surface area contributed by atoms with Crippen molar-refractivity contribution in [1.29, 1.82) is 0 Å². The van der Waals surface area contributed by atoms with Crippen LogP contribution in [0.3, 0.4) is 0 Å². The Labute approximate surface area is 93.9 Å². The number of hydrogen-bond donors (Lipinski definition) is 1. The lowest BCUT2D eigenvalue weighted by Crippen LogP contribution is -2.51. The molecule has 2 nitrogen and oxygen atoms in total. The van der Waals surface area contributed by atoms with Crippen LogP contribution in [0.15, 0.2) is 12.7 Å². The molecule has 0 saturated heterocycles. The Kier molecular flexibility index (Phi) is 5.34. The van der Waals surface area contributed by atoms with Crippen molar-refractivity contribution in [3.8, 4) is 0 Å². The lowest BCUT2D eigenvalue weighted by molar-refractivity contribution is -0.0831. The third kappa shape index (κ3) is 3.32. The van der Waals surface area contributed by atoms with E-state index in [0.29, 0.717) is 0 Å². The maximum atomic E-state index is 6.28. The summed E-state index contributed by atoms with van der Waals surface area (Å²) in [5.41, 5.74) is 6.25. The van der Waals surface area contributed by atoms with Crippen molar-refractivity contribution >= 4 is 0 Å². The smallest absolute Gasteiger partial charge is 0.0832 e. The van der Waals surface area contributed by atoms with E-state index in [-0.39, 0.29) is 11.6 Å². The van der Waals surface area contributed by atoms with E-state index >= 15 is 0 Å². The summed E-state index contributed by atoms with van der Waals surface area (Å²) in [6, 6.07) is 0.177. The zero-order chi connectivity index (χ0) is 11.1. The third-order valence-corrected chi connectivity index (χ3v) is 3.49. The highest BCUT2D eigenvalue weighted by Gasteiger charge is 2.37. The quantitative estimate of drug-likeness (QED) is 0.685. The van der Waals surface area contributed by atoms with Crippen LogP contribution < -0.4 is 5.73 Å². The van der Waals surface area contributed by atoms with Crippen molar-refractivity contribution < 1.29 is 4.74 Å². The van der Waals surface area contributed by atoms with Crippen LogP contribution in [-0.4, -0.2) is 18.2 Å². The number of hydrogen-bond acceptors (Lipinski definition) is 2. The first kappa shape index (κ1) is 12.7. The number of nitrogens with two attached hydrogens (primary N) is 1. The summed E-state index contributed by atoms with van der Waals surface area (Å²) in [5, 5.41) is 0. The lowest BCUT2D eigenvalue weighted by Gasteiger charge is -2.41. The summed E-state index contributed by atoms with van der Waals surface area (Å²) in [4.78, 5) is 0. The summed E-state index contributed by atoms with van der Waals surface area (Å²) in [7, 11) is 0. The van der Waals surface area contributed by atoms with Gasteiger partial charge in [0, 0.05) is 12.6 Å².